The largest absolute Gasteiger partial charge is 0.482 e. The minimum Gasteiger partial charge on any atom is -0.482 e. The van der Waals surface area contributed by atoms with Crippen molar-refractivity contribution in [1.29, 1.82) is 0 Å². The highest BCUT2D eigenvalue weighted by atomic mass is 16.5. The summed E-state index contributed by atoms with van der Waals surface area (Å²) in [7, 11) is 1.58. The molecule has 0 fully saturated rings. The number of ether oxygens (including phenoxy) is 2. The second-order valence-corrected chi connectivity index (χ2v) is 5.80. The van der Waals surface area contributed by atoms with E-state index in [1.54, 1.807) is 22.9 Å². The zero-order valence-corrected chi connectivity index (χ0v) is 14.3. The van der Waals surface area contributed by atoms with Crippen LogP contribution >= 0.6 is 0 Å². The predicted octanol–water partition coefficient (Wildman–Crippen LogP) is 1.42. The summed E-state index contributed by atoms with van der Waals surface area (Å²) in [5.41, 5.74) is 3.97. The van der Waals surface area contributed by atoms with E-state index >= 15 is 0 Å². The van der Waals surface area contributed by atoms with Gasteiger partial charge in [0.25, 0.3) is 5.91 Å². The lowest BCUT2D eigenvalue weighted by Crippen LogP contribution is -2.53. The predicted molar refractivity (Wildman–Crippen MR) is 93.2 cm³/mol. The highest BCUT2D eigenvalue weighted by Gasteiger charge is 2.32. The molecule has 132 valence electrons. The zero-order valence-electron chi connectivity index (χ0n) is 14.3. The molecule has 1 aliphatic rings. The molecule has 2 heterocycles. The Morgan fingerprint density at radius 1 is 1.16 bits per heavy atom. The van der Waals surface area contributed by atoms with Crippen molar-refractivity contribution in [3.63, 3.8) is 0 Å². The second-order valence-electron chi connectivity index (χ2n) is 5.80. The van der Waals surface area contributed by atoms with Crippen LogP contribution in [0, 0.1) is 0 Å². The summed E-state index contributed by atoms with van der Waals surface area (Å²) in [5, 5.41) is 0. The minimum atomic E-state index is -0.321. The van der Waals surface area contributed by atoms with E-state index in [0.29, 0.717) is 13.2 Å². The summed E-state index contributed by atoms with van der Waals surface area (Å²) < 4.78 is 12.3. The molecule has 1 N–H and O–H groups in total. The van der Waals surface area contributed by atoms with Gasteiger partial charge in [0.2, 0.25) is 5.43 Å². The van der Waals surface area contributed by atoms with Crippen LogP contribution in [0.5, 0.6) is 5.75 Å². The Morgan fingerprint density at radius 3 is 2.64 bits per heavy atom. The summed E-state index contributed by atoms with van der Waals surface area (Å²) in [6.45, 7) is 2.92. The van der Waals surface area contributed by atoms with Crippen LogP contribution in [0.25, 0.3) is 0 Å². The summed E-state index contributed by atoms with van der Waals surface area (Å²) in [5.74, 6) is -0.206. The van der Waals surface area contributed by atoms with Gasteiger partial charge < -0.3 is 19.8 Å². The number of hydrogen-bond donors (Lipinski definition) is 1. The first-order chi connectivity index (χ1) is 12.1. The van der Waals surface area contributed by atoms with Crippen molar-refractivity contribution in [2.24, 2.45) is 0 Å². The van der Waals surface area contributed by atoms with Crippen LogP contribution < -0.4 is 15.6 Å². The fourth-order valence-corrected chi connectivity index (χ4v) is 2.76. The van der Waals surface area contributed by atoms with Crippen molar-refractivity contribution in [3.8, 4) is 5.75 Å². The Kier molecular flexibility index (Phi) is 5.04. The molecule has 0 radical (unpaired) electrons. The number of nitrogens with one attached hydrogen (secondary N) is 1. The minimum absolute atomic E-state index is 0.0539. The molecular weight excluding hydrogens is 322 g/mol. The van der Waals surface area contributed by atoms with Gasteiger partial charge in [0.05, 0.1) is 6.61 Å². The van der Waals surface area contributed by atoms with E-state index in [1.807, 2.05) is 37.3 Å². The van der Waals surface area contributed by atoms with Crippen LogP contribution in [0.4, 0.5) is 0 Å². The molecule has 1 aromatic carbocycles. The smallest absolute Gasteiger partial charge is 0.278 e. The Hall–Kier alpha value is -2.80. The molecule has 1 aliphatic heterocycles. The average molecular weight is 343 g/mol. The Labute approximate surface area is 145 Å². The molecule has 0 saturated carbocycles. The number of benzene rings is 1. The van der Waals surface area contributed by atoms with Gasteiger partial charge in [-0.1, -0.05) is 30.3 Å². The third-order valence-electron chi connectivity index (χ3n) is 4.07. The van der Waals surface area contributed by atoms with Crippen molar-refractivity contribution < 1.29 is 14.3 Å². The monoisotopic (exact) mass is 343 g/mol. The quantitative estimate of drug-likeness (QED) is 0.859. The van der Waals surface area contributed by atoms with Gasteiger partial charge in [0.15, 0.2) is 11.4 Å². The number of amides is 1. The molecule has 1 amide bonds. The molecule has 0 bridgehead atoms. The van der Waals surface area contributed by atoms with E-state index in [9.17, 15) is 9.59 Å². The second kappa shape index (κ2) is 7.40. The summed E-state index contributed by atoms with van der Waals surface area (Å²) in [6, 6.07) is 10.9. The maximum atomic E-state index is 12.9. The number of carbonyl (C=O) groups is 1. The van der Waals surface area contributed by atoms with E-state index in [1.165, 1.54) is 6.07 Å². The lowest BCUT2D eigenvalue weighted by Gasteiger charge is -2.37. The van der Waals surface area contributed by atoms with E-state index in [2.05, 4.69) is 5.43 Å². The molecule has 0 saturated heterocycles. The average Bonchev–Trinajstić information content (AvgIpc) is 2.62. The number of methoxy groups -OCH3 is 1. The van der Waals surface area contributed by atoms with Gasteiger partial charge >= 0.3 is 0 Å². The van der Waals surface area contributed by atoms with Crippen molar-refractivity contribution in [2.45, 2.75) is 19.7 Å². The van der Waals surface area contributed by atoms with Crippen molar-refractivity contribution in [2.75, 3.05) is 25.7 Å². The topological polar surface area (TPSA) is 72.8 Å². The van der Waals surface area contributed by atoms with E-state index in [4.69, 9.17) is 9.47 Å². The molecule has 2 aromatic rings. The van der Waals surface area contributed by atoms with Gasteiger partial charge in [0, 0.05) is 25.9 Å². The summed E-state index contributed by atoms with van der Waals surface area (Å²) in [6.07, 6.45) is 1.33. The fourth-order valence-electron chi connectivity index (χ4n) is 2.76. The molecule has 7 heteroatoms. The first kappa shape index (κ1) is 17.0. The molecule has 0 unspecified atom stereocenters. The van der Waals surface area contributed by atoms with Crippen LogP contribution in [-0.4, -0.2) is 41.9 Å². The SMILES string of the molecule is COCCN1C(=O)c2c(OCc3ccccc3)c(=O)ccn2N[C@@H]1C. The third kappa shape index (κ3) is 3.51. The fraction of sp³-hybridized carbons (Fsp3) is 0.333. The number of nitrogens with zero attached hydrogens (tertiary/aromatic N) is 2. The molecule has 1 atom stereocenters. The number of carbonyl (C=O) groups excluding carboxylic acids is 1. The van der Waals surface area contributed by atoms with E-state index in [-0.39, 0.29) is 35.6 Å². The first-order valence-corrected chi connectivity index (χ1v) is 8.10. The molecule has 0 spiro atoms. The van der Waals surface area contributed by atoms with E-state index < -0.39 is 0 Å². The van der Waals surface area contributed by atoms with Gasteiger partial charge in [-0.3, -0.25) is 14.3 Å². The van der Waals surface area contributed by atoms with Crippen LogP contribution in [0.3, 0.4) is 0 Å². The molecular formula is C18H21N3O4. The Bertz CT molecular complexity index is 804. The van der Waals surface area contributed by atoms with Crippen molar-refractivity contribution in [3.05, 3.63) is 64.1 Å². The first-order valence-electron chi connectivity index (χ1n) is 8.10. The lowest BCUT2D eigenvalue weighted by molar-refractivity contribution is 0.0575. The molecule has 0 aliphatic carbocycles. The lowest BCUT2D eigenvalue weighted by atomic mass is 10.2. The number of hydrogen-bond acceptors (Lipinski definition) is 5. The summed E-state index contributed by atoms with van der Waals surface area (Å²) >= 11 is 0. The third-order valence-corrected chi connectivity index (χ3v) is 4.07. The standard InChI is InChI=1S/C18H21N3O4/c1-13-19-21-9-8-15(22)17(25-12-14-6-4-3-5-7-14)16(21)18(23)20(13)10-11-24-2/h3-9,13,19H,10-12H2,1-2H3/t13-/m0/s1. The number of rotatable bonds is 6. The van der Waals surface area contributed by atoms with Gasteiger partial charge in [-0.2, -0.15) is 0 Å². The molecule has 7 nitrogen and oxygen atoms in total. The van der Waals surface area contributed by atoms with Gasteiger partial charge in [-0.05, 0) is 12.5 Å². The number of fused-ring (bicyclic) bond motifs is 1. The highest BCUT2D eigenvalue weighted by molar-refractivity contribution is 5.96. The Morgan fingerprint density at radius 2 is 1.92 bits per heavy atom. The number of aromatic nitrogens is 1. The highest BCUT2D eigenvalue weighted by Crippen LogP contribution is 2.21. The van der Waals surface area contributed by atoms with Crippen molar-refractivity contribution >= 4 is 5.91 Å². The molecule has 25 heavy (non-hydrogen) atoms. The van der Waals surface area contributed by atoms with Gasteiger partial charge in [0.1, 0.15) is 12.8 Å². The molecule has 1 aromatic heterocycles. The Balaban J connectivity index is 1.91. The maximum absolute atomic E-state index is 12.9. The van der Waals surface area contributed by atoms with E-state index in [0.717, 1.165) is 5.56 Å². The van der Waals surface area contributed by atoms with Crippen LogP contribution in [0.1, 0.15) is 23.0 Å². The van der Waals surface area contributed by atoms with Gasteiger partial charge in [-0.15, -0.1) is 0 Å². The summed E-state index contributed by atoms with van der Waals surface area (Å²) in [4.78, 5) is 26.8. The maximum Gasteiger partial charge on any atom is 0.278 e. The van der Waals surface area contributed by atoms with Crippen LogP contribution in [-0.2, 0) is 11.3 Å². The number of pyridine rings is 1. The molecule has 3 rings (SSSR count). The van der Waals surface area contributed by atoms with Gasteiger partial charge in [-0.25, -0.2) is 0 Å². The van der Waals surface area contributed by atoms with Crippen LogP contribution in [0.2, 0.25) is 0 Å². The van der Waals surface area contributed by atoms with Crippen molar-refractivity contribution in [1.82, 2.24) is 9.58 Å². The van der Waals surface area contributed by atoms with Crippen LogP contribution in [0.15, 0.2) is 47.4 Å². The zero-order chi connectivity index (χ0) is 17.8. The normalized spacial score (nSPS) is 16.3.